The molecule has 0 spiro atoms. The largest absolute Gasteiger partial charge is 0.490 e. The molecule has 0 aliphatic heterocycles. The molecule has 0 fully saturated rings. The summed E-state index contributed by atoms with van der Waals surface area (Å²) in [6.07, 6.45) is 3.42. The molecular weight excluding hydrogens is 374 g/mol. The molecule has 2 aromatic rings. The Bertz CT molecular complexity index is 888. The second-order valence-electron chi connectivity index (χ2n) is 8.96. The molecule has 0 aliphatic carbocycles. The second kappa shape index (κ2) is 9.84. The second-order valence-corrected chi connectivity index (χ2v) is 8.96. The third-order valence-corrected chi connectivity index (χ3v) is 4.54. The molecule has 2 rings (SSSR count). The number of carbonyl (C=O) groups is 1. The molecule has 0 heterocycles. The van der Waals surface area contributed by atoms with Crippen LogP contribution in [-0.4, -0.2) is 25.0 Å². The van der Waals surface area contributed by atoms with Gasteiger partial charge in [-0.2, -0.15) is 0 Å². The van der Waals surface area contributed by atoms with Gasteiger partial charge in [0.15, 0.2) is 5.78 Å². The minimum absolute atomic E-state index is 0.00246. The number of benzene rings is 2. The fourth-order valence-electron chi connectivity index (χ4n) is 3.11. The number of ketones is 1. The molecule has 0 aromatic heterocycles. The summed E-state index contributed by atoms with van der Waals surface area (Å²) in [5.74, 6) is 1.42. The van der Waals surface area contributed by atoms with E-state index < -0.39 is 0 Å². The lowest BCUT2D eigenvalue weighted by molar-refractivity contribution is 0.104. The van der Waals surface area contributed by atoms with Crippen molar-refractivity contribution in [2.75, 3.05) is 12.4 Å². The zero-order chi connectivity index (χ0) is 22.5. The summed E-state index contributed by atoms with van der Waals surface area (Å²) in [6, 6.07) is 11.5. The average molecular weight is 410 g/mol. The molecule has 4 nitrogen and oxygen atoms in total. The Morgan fingerprint density at radius 2 is 1.53 bits per heavy atom. The van der Waals surface area contributed by atoms with E-state index in [0.717, 1.165) is 22.6 Å². The molecule has 4 heteroatoms. The van der Waals surface area contributed by atoms with Crippen molar-refractivity contribution in [3.63, 3.8) is 0 Å². The number of anilines is 1. The third-order valence-electron chi connectivity index (χ3n) is 4.54. The molecule has 30 heavy (non-hydrogen) atoms. The number of ether oxygens (including phenoxy) is 2. The standard InChI is InChI=1S/C26H35NO3/c1-17(2)29-24-16-14-22(26(5,6)7)25(30-18(3)4)21(24)13-15-23(28)19-9-11-20(27-8)12-10-19/h9-18,27H,1-8H3/b15-13+. The summed E-state index contributed by atoms with van der Waals surface area (Å²) >= 11 is 0. The molecular formula is C26H35NO3. The number of hydrogen-bond acceptors (Lipinski definition) is 4. The van der Waals surface area contributed by atoms with Crippen LogP contribution in [0.5, 0.6) is 11.5 Å². The van der Waals surface area contributed by atoms with Gasteiger partial charge < -0.3 is 14.8 Å². The van der Waals surface area contributed by atoms with Crippen LogP contribution in [-0.2, 0) is 5.41 Å². The monoisotopic (exact) mass is 409 g/mol. The van der Waals surface area contributed by atoms with Gasteiger partial charge in [-0.1, -0.05) is 26.8 Å². The van der Waals surface area contributed by atoms with Gasteiger partial charge in [-0.15, -0.1) is 0 Å². The van der Waals surface area contributed by atoms with Gasteiger partial charge in [-0.05, 0) is 75.6 Å². The van der Waals surface area contributed by atoms with Crippen LogP contribution < -0.4 is 14.8 Å². The summed E-state index contributed by atoms with van der Waals surface area (Å²) in [6.45, 7) is 14.4. The minimum Gasteiger partial charge on any atom is -0.490 e. The van der Waals surface area contributed by atoms with Crippen LogP contribution in [0, 0.1) is 0 Å². The highest BCUT2D eigenvalue weighted by Crippen LogP contribution is 2.40. The van der Waals surface area contributed by atoms with E-state index in [0.29, 0.717) is 11.3 Å². The average Bonchev–Trinajstić information content (AvgIpc) is 2.65. The topological polar surface area (TPSA) is 47.6 Å². The molecule has 0 saturated heterocycles. The van der Waals surface area contributed by atoms with E-state index in [2.05, 4.69) is 32.2 Å². The number of carbonyl (C=O) groups excluding carboxylic acids is 1. The Hall–Kier alpha value is -2.75. The maximum atomic E-state index is 12.8. The van der Waals surface area contributed by atoms with Gasteiger partial charge in [0, 0.05) is 23.9 Å². The van der Waals surface area contributed by atoms with Gasteiger partial charge in [0.25, 0.3) is 0 Å². The van der Waals surface area contributed by atoms with Gasteiger partial charge in [-0.25, -0.2) is 0 Å². The van der Waals surface area contributed by atoms with Gasteiger partial charge >= 0.3 is 0 Å². The smallest absolute Gasteiger partial charge is 0.185 e. The summed E-state index contributed by atoms with van der Waals surface area (Å²) in [5.41, 5.74) is 3.36. The molecule has 162 valence electrons. The van der Waals surface area contributed by atoms with Crippen molar-refractivity contribution in [1.29, 1.82) is 0 Å². The summed E-state index contributed by atoms with van der Waals surface area (Å²) in [5, 5.41) is 3.06. The highest BCUT2D eigenvalue weighted by atomic mass is 16.5. The quantitative estimate of drug-likeness (QED) is 0.399. The lowest BCUT2D eigenvalue weighted by atomic mass is 9.84. The van der Waals surface area contributed by atoms with Crippen LogP contribution in [0.15, 0.2) is 42.5 Å². The Labute approximate surface area is 181 Å². The molecule has 0 bridgehead atoms. The SMILES string of the molecule is CNc1ccc(C(=O)/C=C/c2c(OC(C)C)ccc(C(C)(C)C)c2OC(C)C)cc1. The van der Waals surface area contributed by atoms with Crippen molar-refractivity contribution < 1.29 is 14.3 Å². The minimum atomic E-state index is -0.115. The van der Waals surface area contributed by atoms with E-state index in [4.69, 9.17) is 9.47 Å². The molecule has 1 N–H and O–H groups in total. The normalized spacial score (nSPS) is 11.9. The first-order valence-electron chi connectivity index (χ1n) is 10.5. The van der Waals surface area contributed by atoms with Gasteiger partial charge in [0.1, 0.15) is 11.5 Å². The first kappa shape index (κ1) is 23.5. The van der Waals surface area contributed by atoms with Crippen LogP contribution in [0.1, 0.15) is 70.0 Å². The van der Waals surface area contributed by atoms with Gasteiger partial charge in [0.2, 0.25) is 0 Å². The third kappa shape index (κ3) is 6.12. The van der Waals surface area contributed by atoms with E-state index in [1.54, 1.807) is 6.08 Å². The van der Waals surface area contributed by atoms with Crippen molar-refractivity contribution in [2.45, 2.75) is 66.1 Å². The van der Waals surface area contributed by atoms with Crippen LogP contribution >= 0.6 is 0 Å². The molecule has 0 radical (unpaired) electrons. The molecule has 0 aliphatic rings. The fourth-order valence-corrected chi connectivity index (χ4v) is 3.11. The van der Waals surface area contributed by atoms with E-state index in [1.165, 1.54) is 0 Å². The summed E-state index contributed by atoms with van der Waals surface area (Å²) in [4.78, 5) is 12.8. The van der Waals surface area contributed by atoms with E-state index in [9.17, 15) is 4.79 Å². The summed E-state index contributed by atoms with van der Waals surface area (Å²) in [7, 11) is 1.85. The van der Waals surface area contributed by atoms with E-state index in [-0.39, 0.29) is 23.4 Å². The van der Waals surface area contributed by atoms with Crippen molar-refractivity contribution >= 4 is 17.5 Å². The Morgan fingerprint density at radius 1 is 0.933 bits per heavy atom. The zero-order valence-corrected chi connectivity index (χ0v) is 19.5. The van der Waals surface area contributed by atoms with Crippen molar-refractivity contribution in [2.24, 2.45) is 0 Å². The van der Waals surface area contributed by atoms with Crippen molar-refractivity contribution in [1.82, 2.24) is 0 Å². The van der Waals surface area contributed by atoms with Gasteiger partial charge in [0.05, 0.1) is 17.8 Å². The first-order chi connectivity index (χ1) is 14.0. The Balaban J connectivity index is 2.54. The van der Waals surface area contributed by atoms with Crippen LogP contribution in [0.3, 0.4) is 0 Å². The highest BCUT2D eigenvalue weighted by Gasteiger charge is 2.24. The number of allylic oxidation sites excluding steroid dienone is 1. The Morgan fingerprint density at radius 3 is 2.03 bits per heavy atom. The zero-order valence-electron chi connectivity index (χ0n) is 19.5. The number of nitrogens with one attached hydrogen (secondary N) is 1. The maximum absolute atomic E-state index is 12.8. The number of rotatable bonds is 8. The van der Waals surface area contributed by atoms with Crippen LogP contribution in [0.2, 0.25) is 0 Å². The predicted octanol–water partition coefficient (Wildman–Crippen LogP) is 6.50. The lowest BCUT2D eigenvalue weighted by Gasteiger charge is -2.27. The van der Waals surface area contributed by atoms with E-state index >= 15 is 0 Å². The van der Waals surface area contributed by atoms with E-state index in [1.807, 2.05) is 71.2 Å². The highest BCUT2D eigenvalue weighted by molar-refractivity contribution is 6.07. The number of hydrogen-bond donors (Lipinski definition) is 1. The van der Waals surface area contributed by atoms with Crippen molar-refractivity contribution in [3.8, 4) is 11.5 Å². The van der Waals surface area contributed by atoms with Crippen LogP contribution in [0.4, 0.5) is 5.69 Å². The van der Waals surface area contributed by atoms with Gasteiger partial charge in [-0.3, -0.25) is 4.79 Å². The fraction of sp³-hybridized carbons (Fsp3) is 0.423. The summed E-state index contributed by atoms with van der Waals surface area (Å²) < 4.78 is 12.3. The molecule has 0 saturated carbocycles. The predicted molar refractivity (Wildman–Crippen MR) is 126 cm³/mol. The molecule has 0 atom stereocenters. The lowest BCUT2D eigenvalue weighted by Crippen LogP contribution is -2.18. The van der Waals surface area contributed by atoms with Crippen molar-refractivity contribution in [3.05, 3.63) is 59.2 Å². The molecule has 2 aromatic carbocycles. The molecule has 0 amide bonds. The Kier molecular flexibility index (Phi) is 7.71. The molecule has 0 unspecified atom stereocenters. The van der Waals surface area contributed by atoms with Crippen LogP contribution in [0.25, 0.3) is 6.08 Å². The maximum Gasteiger partial charge on any atom is 0.185 e. The first-order valence-corrected chi connectivity index (χ1v) is 10.5.